The molecule has 0 spiro atoms. The van der Waals surface area contributed by atoms with Gasteiger partial charge in [-0.05, 0) is 50.1 Å². The summed E-state index contributed by atoms with van der Waals surface area (Å²) in [7, 11) is 1.95. The molecule has 0 aliphatic heterocycles. The predicted octanol–water partition coefficient (Wildman–Crippen LogP) is 3.25. The maximum absolute atomic E-state index is 6.17. The lowest BCUT2D eigenvalue weighted by Crippen LogP contribution is -2.21. The highest BCUT2D eigenvalue weighted by molar-refractivity contribution is 6.31. The number of hydrogen-bond donors (Lipinski definition) is 1. The van der Waals surface area contributed by atoms with Crippen molar-refractivity contribution in [2.24, 2.45) is 0 Å². The second-order valence-electron chi connectivity index (χ2n) is 4.73. The number of likely N-dealkylation sites (N-methyl/N-ethyl adjacent to an activating group) is 1. The fraction of sp³-hybridized carbons (Fsp3) is 0.333. The molecule has 2 aromatic rings. The van der Waals surface area contributed by atoms with E-state index in [0.717, 1.165) is 17.7 Å². The first-order chi connectivity index (χ1) is 9.11. The number of pyridine rings is 2. The molecule has 3 nitrogen and oxygen atoms in total. The minimum absolute atomic E-state index is 0.153. The molecule has 0 amide bonds. The van der Waals surface area contributed by atoms with Crippen LogP contribution >= 0.6 is 11.6 Å². The Morgan fingerprint density at radius 2 is 2.11 bits per heavy atom. The smallest absolute Gasteiger partial charge is 0.0622 e. The van der Waals surface area contributed by atoms with Crippen molar-refractivity contribution in [2.45, 2.75) is 26.3 Å². The molecule has 2 aromatic heterocycles. The van der Waals surface area contributed by atoms with E-state index >= 15 is 0 Å². The lowest BCUT2D eigenvalue weighted by Gasteiger charge is -2.18. The van der Waals surface area contributed by atoms with Gasteiger partial charge in [-0.15, -0.1) is 0 Å². The molecule has 2 heterocycles. The zero-order valence-electron chi connectivity index (χ0n) is 11.4. The van der Waals surface area contributed by atoms with E-state index < -0.39 is 0 Å². The molecule has 0 aliphatic rings. The monoisotopic (exact) mass is 275 g/mol. The normalized spacial score (nSPS) is 12.4. The van der Waals surface area contributed by atoms with Gasteiger partial charge in [0.1, 0.15) is 0 Å². The van der Waals surface area contributed by atoms with Gasteiger partial charge in [0.2, 0.25) is 0 Å². The molecule has 2 rings (SSSR count). The van der Waals surface area contributed by atoms with Crippen LogP contribution in [0.25, 0.3) is 0 Å². The van der Waals surface area contributed by atoms with Crippen molar-refractivity contribution in [2.75, 3.05) is 7.05 Å². The van der Waals surface area contributed by atoms with Crippen molar-refractivity contribution < 1.29 is 0 Å². The van der Waals surface area contributed by atoms with E-state index in [4.69, 9.17) is 11.6 Å². The first-order valence-corrected chi connectivity index (χ1v) is 6.68. The summed E-state index contributed by atoms with van der Waals surface area (Å²) in [5, 5.41) is 4.01. The topological polar surface area (TPSA) is 37.8 Å². The molecule has 1 N–H and O–H groups in total. The molecular weight excluding hydrogens is 258 g/mol. The van der Waals surface area contributed by atoms with E-state index in [9.17, 15) is 0 Å². The Morgan fingerprint density at radius 3 is 2.74 bits per heavy atom. The summed E-state index contributed by atoms with van der Waals surface area (Å²) in [5.74, 6) is 0. The third kappa shape index (κ3) is 3.31. The molecular formula is C15H18ClN3. The lowest BCUT2D eigenvalue weighted by molar-refractivity contribution is 0.572. The highest BCUT2D eigenvalue weighted by atomic mass is 35.5. The summed E-state index contributed by atoms with van der Waals surface area (Å²) in [6, 6.07) is 4.26. The van der Waals surface area contributed by atoms with Gasteiger partial charge in [-0.2, -0.15) is 0 Å². The number of hydrogen-bond acceptors (Lipinski definition) is 3. The summed E-state index contributed by atoms with van der Waals surface area (Å²) in [5.41, 5.74) is 4.53. The number of nitrogens with zero attached hydrogens (tertiary/aromatic N) is 2. The zero-order valence-corrected chi connectivity index (χ0v) is 12.2. The molecule has 0 radical (unpaired) electrons. The van der Waals surface area contributed by atoms with Crippen molar-refractivity contribution in [1.82, 2.24) is 15.3 Å². The maximum Gasteiger partial charge on any atom is 0.0622 e. The SMILES string of the molecule is CNC(Cc1ccncc1Cl)c1ncc(C)cc1C. The maximum atomic E-state index is 6.17. The fourth-order valence-electron chi connectivity index (χ4n) is 2.22. The van der Waals surface area contributed by atoms with Crippen molar-refractivity contribution in [3.05, 3.63) is 58.1 Å². The van der Waals surface area contributed by atoms with Crippen LogP contribution in [0.2, 0.25) is 5.02 Å². The van der Waals surface area contributed by atoms with E-state index in [2.05, 4.69) is 35.2 Å². The Hall–Kier alpha value is -1.45. The second kappa shape index (κ2) is 6.13. The van der Waals surface area contributed by atoms with Crippen LogP contribution in [0.3, 0.4) is 0 Å². The van der Waals surface area contributed by atoms with Crippen LogP contribution in [0.1, 0.15) is 28.4 Å². The Morgan fingerprint density at radius 1 is 1.32 bits per heavy atom. The third-order valence-corrected chi connectivity index (χ3v) is 3.55. The minimum atomic E-state index is 0.153. The lowest BCUT2D eigenvalue weighted by atomic mass is 10.00. The molecule has 0 aliphatic carbocycles. The number of aromatic nitrogens is 2. The van der Waals surface area contributed by atoms with Gasteiger partial charge in [-0.3, -0.25) is 9.97 Å². The summed E-state index contributed by atoms with van der Waals surface area (Å²) < 4.78 is 0. The first kappa shape index (κ1) is 14.0. The number of rotatable bonds is 4. The van der Waals surface area contributed by atoms with E-state index in [1.165, 1.54) is 11.1 Å². The summed E-state index contributed by atoms with van der Waals surface area (Å²) in [6.45, 7) is 4.14. The van der Waals surface area contributed by atoms with Crippen LogP contribution in [0.5, 0.6) is 0 Å². The number of nitrogens with one attached hydrogen (secondary N) is 1. The highest BCUT2D eigenvalue weighted by Crippen LogP contribution is 2.23. The van der Waals surface area contributed by atoms with Crippen LogP contribution in [0.15, 0.2) is 30.7 Å². The molecule has 0 fully saturated rings. The average Bonchev–Trinajstić information content (AvgIpc) is 2.39. The van der Waals surface area contributed by atoms with E-state index in [1.807, 2.05) is 19.3 Å². The van der Waals surface area contributed by atoms with Gasteiger partial charge in [0.05, 0.1) is 16.8 Å². The highest BCUT2D eigenvalue weighted by Gasteiger charge is 2.15. The van der Waals surface area contributed by atoms with Crippen LogP contribution in [0.4, 0.5) is 0 Å². The van der Waals surface area contributed by atoms with Crippen LogP contribution in [-0.4, -0.2) is 17.0 Å². The molecule has 0 saturated carbocycles. The van der Waals surface area contributed by atoms with Gasteiger partial charge in [0, 0.05) is 18.6 Å². The molecule has 4 heteroatoms. The van der Waals surface area contributed by atoms with Crippen molar-refractivity contribution in [1.29, 1.82) is 0 Å². The van der Waals surface area contributed by atoms with Crippen molar-refractivity contribution >= 4 is 11.6 Å². The van der Waals surface area contributed by atoms with Crippen LogP contribution in [-0.2, 0) is 6.42 Å². The molecule has 0 bridgehead atoms. The van der Waals surface area contributed by atoms with Gasteiger partial charge >= 0.3 is 0 Å². The summed E-state index contributed by atoms with van der Waals surface area (Å²) in [4.78, 5) is 8.57. The Kier molecular flexibility index (Phi) is 4.51. The van der Waals surface area contributed by atoms with Crippen molar-refractivity contribution in [3.63, 3.8) is 0 Å². The van der Waals surface area contributed by atoms with Crippen LogP contribution < -0.4 is 5.32 Å². The van der Waals surface area contributed by atoms with Crippen molar-refractivity contribution in [3.8, 4) is 0 Å². The van der Waals surface area contributed by atoms with Gasteiger partial charge < -0.3 is 5.32 Å². The number of aryl methyl sites for hydroxylation is 2. The van der Waals surface area contributed by atoms with E-state index in [1.54, 1.807) is 12.4 Å². The van der Waals surface area contributed by atoms with Gasteiger partial charge in [-0.1, -0.05) is 17.7 Å². The standard InChI is InChI=1S/C15H18ClN3/c1-10-6-11(2)15(19-8-10)14(17-3)7-12-4-5-18-9-13(12)16/h4-6,8-9,14,17H,7H2,1-3H3. The van der Waals surface area contributed by atoms with Gasteiger partial charge in [-0.25, -0.2) is 0 Å². The molecule has 100 valence electrons. The largest absolute Gasteiger partial charge is 0.311 e. The molecule has 1 atom stereocenters. The molecule has 0 saturated heterocycles. The summed E-state index contributed by atoms with van der Waals surface area (Å²) >= 11 is 6.17. The van der Waals surface area contributed by atoms with Gasteiger partial charge in [0.15, 0.2) is 0 Å². The molecule has 0 aromatic carbocycles. The van der Waals surface area contributed by atoms with E-state index in [0.29, 0.717) is 5.02 Å². The first-order valence-electron chi connectivity index (χ1n) is 6.30. The fourth-order valence-corrected chi connectivity index (χ4v) is 2.41. The number of halogens is 1. The zero-order chi connectivity index (χ0) is 13.8. The van der Waals surface area contributed by atoms with Gasteiger partial charge in [0.25, 0.3) is 0 Å². The Labute approximate surface area is 119 Å². The average molecular weight is 276 g/mol. The quantitative estimate of drug-likeness (QED) is 0.931. The second-order valence-corrected chi connectivity index (χ2v) is 5.13. The molecule has 19 heavy (non-hydrogen) atoms. The Balaban J connectivity index is 2.28. The molecule has 1 unspecified atom stereocenters. The van der Waals surface area contributed by atoms with E-state index in [-0.39, 0.29) is 6.04 Å². The minimum Gasteiger partial charge on any atom is -0.311 e. The predicted molar refractivity (Wildman–Crippen MR) is 78.5 cm³/mol. The Bertz CT molecular complexity index is 569. The summed E-state index contributed by atoms with van der Waals surface area (Å²) in [6.07, 6.45) is 6.15. The van der Waals surface area contributed by atoms with Crippen LogP contribution in [0, 0.1) is 13.8 Å². The third-order valence-electron chi connectivity index (χ3n) is 3.21.